The molecule has 1 fully saturated rings. The topological polar surface area (TPSA) is 75.9 Å². The minimum Gasteiger partial charge on any atom is -0.453 e. The van der Waals surface area contributed by atoms with E-state index in [9.17, 15) is 9.59 Å². The van der Waals surface area contributed by atoms with E-state index in [1.165, 1.54) is 7.11 Å². The Hall–Kier alpha value is -1.30. The maximum atomic E-state index is 12.2. The Morgan fingerprint density at radius 1 is 1.11 bits per heavy atom. The molecule has 0 aliphatic carbocycles. The first-order chi connectivity index (χ1) is 8.27. The molecule has 18 heavy (non-hydrogen) atoms. The van der Waals surface area contributed by atoms with Crippen molar-refractivity contribution in [3.8, 4) is 0 Å². The van der Waals surface area contributed by atoms with E-state index < -0.39 is 6.04 Å². The summed E-state index contributed by atoms with van der Waals surface area (Å²) < 4.78 is 4.65. The normalized spacial score (nSPS) is 18.5. The largest absolute Gasteiger partial charge is 0.453 e. The van der Waals surface area contributed by atoms with Crippen LogP contribution in [0.15, 0.2) is 0 Å². The maximum Gasteiger partial charge on any atom is 0.409 e. The molecule has 1 heterocycles. The van der Waals surface area contributed by atoms with Gasteiger partial charge in [0.05, 0.1) is 13.2 Å². The molecular weight excluding hydrogens is 234 g/mol. The van der Waals surface area contributed by atoms with Crippen LogP contribution in [0.4, 0.5) is 4.79 Å². The zero-order valence-electron chi connectivity index (χ0n) is 11.6. The molecule has 0 radical (unpaired) electrons. The van der Waals surface area contributed by atoms with Gasteiger partial charge in [-0.05, 0) is 5.41 Å². The summed E-state index contributed by atoms with van der Waals surface area (Å²) in [5.74, 6) is -0.0491. The minimum atomic E-state index is -0.512. The van der Waals surface area contributed by atoms with Crippen LogP contribution in [0.2, 0.25) is 0 Å². The highest BCUT2D eigenvalue weighted by Gasteiger charge is 2.33. The number of hydrogen-bond donors (Lipinski definition) is 1. The SMILES string of the molecule is COC(=O)N1CCN(C(=O)[C@@H](N)C(C)(C)C)CC1. The quantitative estimate of drug-likeness (QED) is 0.731. The number of carbonyl (C=O) groups is 2. The molecule has 0 spiro atoms. The van der Waals surface area contributed by atoms with Gasteiger partial charge in [-0.15, -0.1) is 0 Å². The lowest BCUT2D eigenvalue weighted by molar-refractivity contribution is -0.136. The van der Waals surface area contributed by atoms with E-state index in [0.29, 0.717) is 26.2 Å². The van der Waals surface area contributed by atoms with Gasteiger partial charge in [-0.25, -0.2) is 4.79 Å². The van der Waals surface area contributed by atoms with Crippen molar-refractivity contribution in [1.29, 1.82) is 0 Å². The van der Waals surface area contributed by atoms with E-state index in [2.05, 4.69) is 4.74 Å². The van der Waals surface area contributed by atoms with Gasteiger partial charge in [-0.3, -0.25) is 4.79 Å². The fourth-order valence-corrected chi connectivity index (χ4v) is 1.81. The molecule has 1 atom stereocenters. The summed E-state index contributed by atoms with van der Waals surface area (Å²) in [5, 5.41) is 0. The summed E-state index contributed by atoms with van der Waals surface area (Å²) in [7, 11) is 1.36. The molecule has 2 N–H and O–H groups in total. The van der Waals surface area contributed by atoms with Gasteiger partial charge in [-0.1, -0.05) is 20.8 Å². The van der Waals surface area contributed by atoms with E-state index >= 15 is 0 Å². The van der Waals surface area contributed by atoms with Gasteiger partial charge in [0, 0.05) is 26.2 Å². The van der Waals surface area contributed by atoms with Crippen LogP contribution in [0, 0.1) is 5.41 Å². The van der Waals surface area contributed by atoms with Crippen molar-refractivity contribution in [2.45, 2.75) is 26.8 Å². The molecule has 0 aromatic carbocycles. The predicted molar refractivity (Wildman–Crippen MR) is 68.0 cm³/mol. The van der Waals surface area contributed by atoms with Gasteiger partial charge in [0.25, 0.3) is 0 Å². The van der Waals surface area contributed by atoms with Crippen molar-refractivity contribution in [1.82, 2.24) is 9.80 Å². The van der Waals surface area contributed by atoms with Gasteiger partial charge in [0.15, 0.2) is 0 Å². The molecule has 6 nitrogen and oxygen atoms in total. The summed E-state index contributed by atoms with van der Waals surface area (Å²) in [4.78, 5) is 26.8. The summed E-state index contributed by atoms with van der Waals surface area (Å²) in [6.45, 7) is 7.85. The van der Waals surface area contributed by atoms with E-state index in [4.69, 9.17) is 5.73 Å². The fraction of sp³-hybridized carbons (Fsp3) is 0.833. The van der Waals surface area contributed by atoms with Crippen LogP contribution >= 0.6 is 0 Å². The summed E-state index contributed by atoms with van der Waals surface area (Å²) >= 11 is 0. The van der Waals surface area contributed by atoms with Crippen LogP contribution in [-0.2, 0) is 9.53 Å². The van der Waals surface area contributed by atoms with Gasteiger partial charge < -0.3 is 20.3 Å². The zero-order valence-corrected chi connectivity index (χ0v) is 11.6. The van der Waals surface area contributed by atoms with Crippen LogP contribution in [0.1, 0.15) is 20.8 Å². The van der Waals surface area contributed by atoms with Gasteiger partial charge in [0.2, 0.25) is 5.91 Å². The number of carbonyl (C=O) groups excluding carboxylic acids is 2. The molecule has 1 saturated heterocycles. The lowest BCUT2D eigenvalue weighted by atomic mass is 9.86. The lowest BCUT2D eigenvalue weighted by Crippen LogP contribution is -2.56. The van der Waals surface area contributed by atoms with Crippen LogP contribution in [-0.4, -0.2) is 61.1 Å². The number of hydrogen-bond acceptors (Lipinski definition) is 4. The third-order valence-electron chi connectivity index (χ3n) is 3.22. The molecule has 0 saturated carbocycles. The maximum absolute atomic E-state index is 12.2. The second kappa shape index (κ2) is 5.56. The van der Waals surface area contributed by atoms with Crippen LogP contribution in [0.3, 0.4) is 0 Å². The van der Waals surface area contributed by atoms with Crippen molar-refractivity contribution >= 4 is 12.0 Å². The Bertz CT molecular complexity index is 317. The molecule has 0 bridgehead atoms. The van der Waals surface area contributed by atoms with Gasteiger partial charge >= 0.3 is 6.09 Å². The molecule has 1 aliphatic rings. The summed E-state index contributed by atoms with van der Waals surface area (Å²) in [5.41, 5.74) is 5.70. The Kier molecular flexibility index (Phi) is 4.56. The number of nitrogens with zero attached hydrogens (tertiary/aromatic N) is 2. The molecular formula is C12H23N3O3. The van der Waals surface area contributed by atoms with E-state index in [-0.39, 0.29) is 17.4 Å². The second-order valence-electron chi connectivity index (χ2n) is 5.63. The highest BCUT2D eigenvalue weighted by atomic mass is 16.5. The number of methoxy groups -OCH3 is 1. The number of nitrogens with two attached hydrogens (primary N) is 1. The first-order valence-electron chi connectivity index (χ1n) is 6.14. The van der Waals surface area contributed by atoms with Crippen molar-refractivity contribution in [2.75, 3.05) is 33.3 Å². The molecule has 0 unspecified atom stereocenters. The minimum absolute atomic E-state index is 0.0491. The Balaban J connectivity index is 2.53. The molecule has 6 heteroatoms. The zero-order chi connectivity index (χ0) is 13.9. The van der Waals surface area contributed by atoms with Crippen molar-refractivity contribution < 1.29 is 14.3 Å². The van der Waals surface area contributed by atoms with Crippen molar-refractivity contribution in [2.24, 2.45) is 11.1 Å². The molecule has 0 aromatic rings. The third kappa shape index (κ3) is 3.35. The molecule has 104 valence electrons. The standard InChI is InChI=1S/C12H23N3O3/c1-12(2,3)9(13)10(16)14-5-7-15(8-6-14)11(17)18-4/h9H,5-8,13H2,1-4H3/t9-/m1/s1. The smallest absolute Gasteiger partial charge is 0.409 e. The second-order valence-corrected chi connectivity index (χ2v) is 5.63. The number of amides is 2. The average molecular weight is 257 g/mol. The first-order valence-corrected chi connectivity index (χ1v) is 6.14. The Morgan fingerprint density at radius 2 is 1.56 bits per heavy atom. The molecule has 2 amide bonds. The fourth-order valence-electron chi connectivity index (χ4n) is 1.81. The van der Waals surface area contributed by atoms with Crippen molar-refractivity contribution in [3.63, 3.8) is 0 Å². The van der Waals surface area contributed by atoms with E-state index in [1.807, 2.05) is 20.8 Å². The average Bonchev–Trinajstić information content (AvgIpc) is 2.35. The molecule has 0 aromatic heterocycles. The van der Waals surface area contributed by atoms with Gasteiger partial charge in [-0.2, -0.15) is 0 Å². The van der Waals surface area contributed by atoms with E-state index in [1.54, 1.807) is 9.80 Å². The Labute approximate surface area is 108 Å². The first kappa shape index (κ1) is 14.8. The number of piperazine rings is 1. The summed E-state index contributed by atoms with van der Waals surface area (Å²) in [6, 6.07) is -0.512. The van der Waals surface area contributed by atoms with Crippen LogP contribution < -0.4 is 5.73 Å². The Morgan fingerprint density at radius 3 is 1.94 bits per heavy atom. The predicted octanol–water partition coefficient (Wildman–Crippen LogP) is 0.270. The highest BCUT2D eigenvalue weighted by molar-refractivity contribution is 5.82. The monoisotopic (exact) mass is 257 g/mol. The molecule has 1 aliphatic heterocycles. The molecule has 1 rings (SSSR count). The lowest BCUT2D eigenvalue weighted by Gasteiger charge is -2.37. The van der Waals surface area contributed by atoms with Gasteiger partial charge in [0.1, 0.15) is 0 Å². The van der Waals surface area contributed by atoms with E-state index in [0.717, 1.165) is 0 Å². The van der Waals surface area contributed by atoms with Crippen molar-refractivity contribution in [3.05, 3.63) is 0 Å². The van der Waals surface area contributed by atoms with Crippen LogP contribution in [0.5, 0.6) is 0 Å². The summed E-state index contributed by atoms with van der Waals surface area (Å²) in [6.07, 6.45) is -0.345. The number of ether oxygens (including phenoxy) is 1. The van der Waals surface area contributed by atoms with Crippen LogP contribution in [0.25, 0.3) is 0 Å². The number of rotatable bonds is 1. The highest BCUT2D eigenvalue weighted by Crippen LogP contribution is 2.19. The third-order valence-corrected chi connectivity index (χ3v) is 3.22.